The Bertz CT molecular complexity index is 1560. The number of pyridine rings is 1. The maximum absolute atomic E-state index is 13.9. The number of carbonyl (C=O) groups is 5. The third-order valence-corrected chi connectivity index (χ3v) is 6.72. The van der Waals surface area contributed by atoms with Crippen molar-refractivity contribution in [2.75, 3.05) is 20.4 Å². The Balaban J connectivity index is 1.70. The molecule has 2 aliphatic rings. The predicted molar refractivity (Wildman–Crippen MR) is 152 cm³/mol. The summed E-state index contributed by atoms with van der Waals surface area (Å²) in [4.78, 5) is 71.6. The number of imide groups is 1. The number of methoxy groups -OCH3 is 1. The second-order valence-electron chi connectivity index (χ2n) is 12.3. The van der Waals surface area contributed by atoms with Gasteiger partial charge in [-0.05, 0) is 77.3 Å². The van der Waals surface area contributed by atoms with Gasteiger partial charge in [-0.15, -0.1) is 0 Å². The summed E-state index contributed by atoms with van der Waals surface area (Å²) in [6.07, 6.45) is 1.44. The maximum Gasteiger partial charge on any atom is 0.328 e. The van der Waals surface area contributed by atoms with Crippen LogP contribution in [0.4, 0.5) is 4.79 Å². The first kappa shape index (κ1) is 31.0. The average Bonchev–Trinajstić information content (AvgIpc) is 3.36. The van der Waals surface area contributed by atoms with Crippen molar-refractivity contribution in [2.45, 2.75) is 53.6 Å². The molecule has 1 fully saturated rings. The molecule has 2 aliphatic heterocycles. The fourth-order valence-electron chi connectivity index (χ4n) is 4.18. The van der Waals surface area contributed by atoms with E-state index in [0.29, 0.717) is 16.9 Å². The van der Waals surface area contributed by atoms with Crippen molar-refractivity contribution in [3.05, 3.63) is 53.3 Å². The predicted octanol–water partition coefficient (Wildman–Crippen LogP) is 2.89. The summed E-state index contributed by atoms with van der Waals surface area (Å²) in [6, 6.07) is 7.30. The van der Waals surface area contributed by atoms with Crippen LogP contribution in [0.25, 0.3) is 0 Å². The molecule has 0 aliphatic carbocycles. The number of hydrogen-bond acceptors (Lipinski definition) is 9. The highest BCUT2D eigenvalue weighted by molar-refractivity contribution is 6.10. The van der Waals surface area contributed by atoms with Crippen molar-refractivity contribution in [3.8, 4) is 23.3 Å². The Kier molecular flexibility index (Phi) is 8.22. The van der Waals surface area contributed by atoms with Crippen LogP contribution in [0.15, 0.2) is 36.5 Å². The standard InChI is InChI=1S/C31H34N4O8/c1-29(2,3)26(38)42-18-35-25(37)31(33-28(35)40,17-34-16-19-10-11-20(41-7)15-21(19)24(34)36)13-12-22-23(9-8-14-32-22)43-27(39)30(4,5)6/h8-11,14-15H,16-18H2,1-7H3,(H,33,40)/t31-/m1/s1. The fraction of sp³-hybridized carbons (Fsp3) is 0.419. The summed E-state index contributed by atoms with van der Waals surface area (Å²) >= 11 is 0. The van der Waals surface area contributed by atoms with Gasteiger partial charge < -0.3 is 24.4 Å². The number of amides is 4. The van der Waals surface area contributed by atoms with E-state index in [0.717, 1.165) is 4.90 Å². The Labute approximate surface area is 249 Å². The molecule has 43 heavy (non-hydrogen) atoms. The van der Waals surface area contributed by atoms with Gasteiger partial charge in [-0.25, -0.2) is 14.7 Å². The molecule has 0 saturated carbocycles. The van der Waals surface area contributed by atoms with Gasteiger partial charge >= 0.3 is 18.0 Å². The molecule has 1 N–H and O–H groups in total. The van der Waals surface area contributed by atoms with Gasteiger partial charge in [-0.3, -0.25) is 19.2 Å². The molecule has 1 aromatic carbocycles. The van der Waals surface area contributed by atoms with Crippen LogP contribution in [-0.4, -0.2) is 70.5 Å². The first-order valence-electron chi connectivity index (χ1n) is 13.5. The highest BCUT2D eigenvalue weighted by Crippen LogP contribution is 2.30. The van der Waals surface area contributed by atoms with Crippen LogP contribution < -0.4 is 14.8 Å². The quantitative estimate of drug-likeness (QED) is 0.305. The van der Waals surface area contributed by atoms with Gasteiger partial charge in [0, 0.05) is 18.3 Å². The monoisotopic (exact) mass is 590 g/mol. The molecule has 12 heteroatoms. The Morgan fingerprint density at radius 2 is 1.74 bits per heavy atom. The minimum atomic E-state index is -1.93. The van der Waals surface area contributed by atoms with Crippen LogP contribution in [0.1, 0.15) is 63.2 Å². The van der Waals surface area contributed by atoms with Crippen LogP contribution in [-0.2, 0) is 25.7 Å². The van der Waals surface area contributed by atoms with E-state index in [1.807, 2.05) is 0 Å². The number of carbonyl (C=O) groups excluding carboxylic acids is 5. The zero-order chi connectivity index (χ0) is 31.7. The van der Waals surface area contributed by atoms with E-state index in [9.17, 15) is 24.0 Å². The average molecular weight is 591 g/mol. The lowest BCUT2D eigenvalue weighted by molar-refractivity contribution is -0.158. The fourth-order valence-corrected chi connectivity index (χ4v) is 4.18. The highest BCUT2D eigenvalue weighted by atomic mass is 16.5. The second kappa shape index (κ2) is 11.4. The number of nitrogens with one attached hydrogen (secondary N) is 1. The molecule has 1 atom stereocenters. The van der Waals surface area contributed by atoms with Crippen molar-refractivity contribution in [2.24, 2.45) is 10.8 Å². The second-order valence-corrected chi connectivity index (χ2v) is 12.3. The molecule has 0 bridgehead atoms. The number of hydrogen-bond donors (Lipinski definition) is 1. The van der Waals surface area contributed by atoms with Crippen molar-refractivity contribution < 1.29 is 38.2 Å². The first-order chi connectivity index (χ1) is 20.1. The minimum absolute atomic E-state index is 0.0416. The van der Waals surface area contributed by atoms with Crippen molar-refractivity contribution in [1.82, 2.24) is 20.1 Å². The van der Waals surface area contributed by atoms with Crippen LogP contribution in [0.5, 0.6) is 11.5 Å². The summed E-state index contributed by atoms with van der Waals surface area (Å²) in [5, 5.41) is 2.60. The Morgan fingerprint density at radius 1 is 1.05 bits per heavy atom. The van der Waals surface area contributed by atoms with Crippen LogP contribution in [0.3, 0.4) is 0 Å². The van der Waals surface area contributed by atoms with Gasteiger partial charge in [-0.1, -0.05) is 12.0 Å². The summed E-state index contributed by atoms with van der Waals surface area (Å²) in [7, 11) is 1.49. The van der Waals surface area contributed by atoms with Crippen LogP contribution >= 0.6 is 0 Å². The van der Waals surface area contributed by atoms with E-state index in [1.165, 1.54) is 24.3 Å². The number of esters is 2. The Morgan fingerprint density at radius 3 is 2.40 bits per heavy atom. The largest absolute Gasteiger partial charge is 0.497 e. The molecule has 1 saturated heterocycles. The lowest BCUT2D eigenvalue weighted by atomic mass is 9.97. The van der Waals surface area contributed by atoms with Gasteiger partial charge in [0.05, 0.1) is 24.5 Å². The van der Waals surface area contributed by atoms with Crippen molar-refractivity contribution in [3.63, 3.8) is 0 Å². The van der Waals surface area contributed by atoms with E-state index in [2.05, 4.69) is 22.1 Å². The van der Waals surface area contributed by atoms with E-state index in [4.69, 9.17) is 14.2 Å². The number of urea groups is 1. The molecule has 1 aromatic heterocycles. The Hall–Kier alpha value is -4.92. The van der Waals surface area contributed by atoms with E-state index >= 15 is 0 Å². The smallest absolute Gasteiger partial charge is 0.328 e. The zero-order valence-corrected chi connectivity index (χ0v) is 25.2. The molecule has 12 nitrogen and oxygen atoms in total. The van der Waals surface area contributed by atoms with E-state index in [1.54, 1.807) is 65.8 Å². The van der Waals surface area contributed by atoms with Gasteiger partial charge in [0.25, 0.3) is 11.8 Å². The van der Waals surface area contributed by atoms with Crippen molar-refractivity contribution in [1.29, 1.82) is 0 Å². The third kappa shape index (κ3) is 6.45. The van der Waals surface area contributed by atoms with Crippen LogP contribution in [0, 0.1) is 22.7 Å². The molecule has 4 rings (SSSR count). The summed E-state index contributed by atoms with van der Waals surface area (Å²) in [5.41, 5.74) is -2.46. The van der Waals surface area contributed by atoms with E-state index < -0.39 is 47.0 Å². The van der Waals surface area contributed by atoms with Gasteiger partial charge in [0.2, 0.25) is 5.54 Å². The van der Waals surface area contributed by atoms with Gasteiger partial charge in [-0.2, -0.15) is 0 Å². The number of aromatic nitrogens is 1. The summed E-state index contributed by atoms with van der Waals surface area (Å²) in [5.74, 6) is 3.79. The van der Waals surface area contributed by atoms with Gasteiger partial charge in [0.15, 0.2) is 18.2 Å². The lowest BCUT2D eigenvalue weighted by Crippen LogP contribution is -2.54. The number of rotatable bonds is 6. The summed E-state index contributed by atoms with van der Waals surface area (Å²) < 4.78 is 16.0. The van der Waals surface area contributed by atoms with Crippen molar-refractivity contribution >= 4 is 29.8 Å². The third-order valence-electron chi connectivity index (χ3n) is 6.72. The molecule has 2 aromatic rings. The van der Waals surface area contributed by atoms with Crippen LogP contribution in [0.2, 0.25) is 0 Å². The molecule has 0 unspecified atom stereocenters. The van der Waals surface area contributed by atoms with Gasteiger partial charge in [0.1, 0.15) is 5.75 Å². The topological polar surface area (TPSA) is 144 Å². The zero-order valence-electron chi connectivity index (χ0n) is 25.2. The lowest BCUT2D eigenvalue weighted by Gasteiger charge is -2.27. The highest BCUT2D eigenvalue weighted by Gasteiger charge is 2.53. The molecule has 0 spiro atoms. The van der Waals surface area contributed by atoms with E-state index in [-0.39, 0.29) is 30.4 Å². The molecule has 226 valence electrons. The number of benzene rings is 1. The summed E-state index contributed by atoms with van der Waals surface area (Å²) in [6.45, 7) is 9.18. The maximum atomic E-state index is 13.9. The molecular weight excluding hydrogens is 556 g/mol. The SMILES string of the molecule is COc1ccc2c(c1)C(=O)N(C[C@@]1(C#Cc3ncccc3OC(=O)C(C)(C)C)NC(=O)N(COC(=O)C(C)(C)C)C1=O)C2. The minimum Gasteiger partial charge on any atom is -0.497 e. The normalized spacial score (nSPS) is 18.1. The first-order valence-corrected chi connectivity index (χ1v) is 13.5. The molecule has 4 amide bonds. The molecule has 0 radical (unpaired) electrons. The number of ether oxygens (including phenoxy) is 3. The number of nitrogens with zero attached hydrogens (tertiary/aromatic N) is 3. The molecule has 3 heterocycles. The molecular formula is C31H34N4O8. The number of fused-ring (bicyclic) bond motifs is 1.